The highest BCUT2D eigenvalue weighted by atomic mass is 32.1. The first-order valence-corrected chi connectivity index (χ1v) is 3.70. The normalized spacial score (nSPS) is 15.7. The largest absolute Gasteiger partial charge is 0.273 e. The van der Waals surface area contributed by atoms with Gasteiger partial charge in [-0.15, -0.1) is 0 Å². The summed E-state index contributed by atoms with van der Waals surface area (Å²) in [6, 6.07) is 0. The monoisotopic (exact) mass is 155 g/mol. The van der Waals surface area contributed by atoms with Gasteiger partial charge < -0.3 is 0 Å². The van der Waals surface area contributed by atoms with E-state index in [2.05, 4.69) is 24.3 Å². The van der Waals surface area contributed by atoms with Crippen molar-refractivity contribution in [1.82, 2.24) is 0 Å². The Morgan fingerprint density at radius 2 is 2.30 bits per heavy atom. The predicted molar refractivity (Wildman–Crippen MR) is 50.9 cm³/mol. The number of hydrogen-bond donors (Lipinski definition) is 1. The zero-order chi connectivity index (χ0) is 7.98. The smallest absolute Gasteiger partial charge is 0.0263 e. The third kappa shape index (κ3) is 3.51. The SMILES string of the molecule is C=NC=CC(=CC)C(C)S. The third-order valence-corrected chi connectivity index (χ3v) is 1.49. The van der Waals surface area contributed by atoms with Gasteiger partial charge in [0, 0.05) is 11.4 Å². The molecular formula is C8H13NS. The van der Waals surface area contributed by atoms with Gasteiger partial charge in [0.1, 0.15) is 0 Å². The Balaban J connectivity index is 4.10. The summed E-state index contributed by atoms with van der Waals surface area (Å²) in [7, 11) is 0. The summed E-state index contributed by atoms with van der Waals surface area (Å²) >= 11 is 4.26. The molecule has 0 aliphatic heterocycles. The van der Waals surface area contributed by atoms with Crippen LogP contribution in [0, 0.1) is 0 Å². The Morgan fingerprint density at radius 3 is 2.60 bits per heavy atom. The number of allylic oxidation sites excluding steroid dienone is 2. The minimum Gasteiger partial charge on any atom is -0.273 e. The van der Waals surface area contributed by atoms with Gasteiger partial charge in [-0.2, -0.15) is 12.6 Å². The van der Waals surface area contributed by atoms with Crippen LogP contribution in [0.2, 0.25) is 0 Å². The number of rotatable bonds is 3. The predicted octanol–water partition coefficient (Wildman–Crippen LogP) is 2.47. The van der Waals surface area contributed by atoms with Gasteiger partial charge in [0.25, 0.3) is 0 Å². The Bertz CT molecular complexity index is 157. The van der Waals surface area contributed by atoms with E-state index in [4.69, 9.17) is 0 Å². The van der Waals surface area contributed by atoms with Crippen molar-refractivity contribution >= 4 is 19.3 Å². The molecule has 1 unspecified atom stereocenters. The molecule has 2 heteroatoms. The lowest BCUT2D eigenvalue weighted by Gasteiger charge is -2.02. The molecule has 0 aliphatic rings. The molecule has 0 aromatic rings. The summed E-state index contributed by atoms with van der Waals surface area (Å²) in [5, 5.41) is 0.267. The molecule has 0 saturated heterocycles. The minimum atomic E-state index is 0.267. The van der Waals surface area contributed by atoms with E-state index in [0.29, 0.717) is 0 Å². The summed E-state index contributed by atoms with van der Waals surface area (Å²) in [4.78, 5) is 3.60. The highest BCUT2D eigenvalue weighted by Crippen LogP contribution is 2.09. The van der Waals surface area contributed by atoms with Crippen molar-refractivity contribution in [2.45, 2.75) is 19.1 Å². The van der Waals surface area contributed by atoms with Gasteiger partial charge in [0.2, 0.25) is 0 Å². The average molecular weight is 155 g/mol. The van der Waals surface area contributed by atoms with Crippen molar-refractivity contribution in [2.24, 2.45) is 4.99 Å². The second-order valence-electron chi connectivity index (χ2n) is 1.96. The third-order valence-electron chi connectivity index (χ3n) is 1.19. The first kappa shape index (κ1) is 9.50. The van der Waals surface area contributed by atoms with E-state index in [0.717, 1.165) is 5.57 Å². The Kier molecular flexibility index (Phi) is 5.03. The van der Waals surface area contributed by atoms with Crippen molar-refractivity contribution in [1.29, 1.82) is 0 Å². The molecule has 0 saturated carbocycles. The maximum atomic E-state index is 4.26. The summed E-state index contributed by atoms with van der Waals surface area (Å²) in [6.07, 6.45) is 5.59. The van der Waals surface area contributed by atoms with Crippen LogP contribution in [0.4, 0.5) is 0 Å². The fourth-order valence-electron chi connectivity index (χ4n) is 0.615. The van der Waals surface area contributed by atoms with Crippen molar-refractivity contribution < 1.29 is 0 Å². The molecule has 0 aromatic carbocycles. The number of nitrogens with zero attached hydrogens (tertiary/aromatic N) is 1. The fourth-order valence-corrected chi connectivity index (χ4v) is 0.851. The van der Waals surface area contributed by atoms with Gasteiger partial charge in [-0.05, 0) is 32.2 Å². The molecule has 1 atom stereocenters. The van der Waals surface area contributed by atoms with Crippen LogP contribution < -0.4 is 0 Å². The van der Waals surface area contributed by atoms with Crippen molar-refractivity contribution in [3.05, 3.63) is 23.9 Å². The van der Waals surface area contributed by atoms with Gasteiger partial charge in [-0.3, -0.25) is 4.99 Å². The molecule has 0 fully saturated rings. The lowest BCUT2D eigenvalue weighted by Crippen LogP contribution is -1.92. The van der Waals surface area contributed by atoms with Crippen LogP contribution in [0.25, 0.3) is 0 Å². The first-order chi connectivity index (χ1) is 4.72. The van der Waals surface area contributed by atoms with E-state index in [1.54, 1.807) is 6.20 Å². The number of aliphatic imine (C=N–C) groups is 1. The summed E-state index contributed by atoms with van der Waals surface area (Å²) in [5.74, 6) is 0. The number of thiol groups is 1. The minimum absolute atomic E-state index is 0.267. The lowest BCUT2D eigenvalue weighted by molar-refractivity contribution is 1.17. The molecule has 0 bridgehead atoms. The molecule has 0 rings (SSSR count). The van der Waals surface area contributed by atoms with Crippen LogP contribution in [0.3, 0.4) is 0 Å². The molecule has 0 amide bonds. The van der Waals surface area contributed by atoms with Crippen LogP contribution in [0.5, 0.6) is 0 Å². The molecule has 0 radical (unpaired) electrons. The van der Waals surface area contributed by atoms with E-state index < -0.39 is 0 Å². The molecule has 0 heterocycles. The molecule has 0 N–H and O–H groups in total. The zero-order valence-electron chi connectivity index (χ0n) is 6.41. The Hall–Kier alpha value is -0.500. The van der Waals surface area contributed by atoms with Crippen molar-refractivity contribution in [2.75, 3.05) is 0 Å². The van der Waals surface area contributed by atoms with Gasteiger partial charge in [-0.1, -0.05) is 6.08 Å². The number of hydrogen-bond acceptors (Lipinski definition) is 2. The van der Waals surface area contributed by atoms with Crippen molar-refractivity contribution in [3.8, 4) is 0 Å². The first-order valence-electron chi connectivity index (χ1n) is 3.19. The Labute approximate surface area is 68.0 Å². The van der Waals surface area contributed by atoms with Gasteiger partial charge in [0.15, 0.2) is 0 Å². The van der Waals surface area contributed by atoms with E-state index in [-0.39, 0.29) is 5.25 Å². The van der Waals surface area contributed by atoms with Crippen molar-refractivity contribution in [3.63, 3.8) is 0 Å². The zero-order valence-corrected chi connectivity index (χ0v) is 7.31. The molecule has 0 aliphatic carbocycles. The maximum Gasteiger partial charge on any atom is 0.0263 e. The van der Waals surface area contributed by atoms with Crippen LogP contribution in [0.15, 0.2) is 28.9 Å². The van der Waals surface area contributed by atoms with E-state index in [1.807, 2.05) is 26.0 Å². The maximum absolute atomic E-state index is 4.26. The topological polar surface area (TPSA) is 12.4 Å². The second-order valence-corrected chi connectivity index (χ2v) is 2.74. The highest BCUT2D eigenvalue weighted by molar-refractivity contribution is 7.81. The molecule has 56 valence electrons. The second kappa shape index (κ2) is 5.30. The van der Waals surface area contributed by atoms with E-state index >= 15 is 0 Å². The lowest BCUT2D eigenvalue weighted by atomic mass is 10.2. The quantitative estimate of drug-likeness (QED) is 0.365. The summed E-state index contributed by atoms with van der Waals surface area (Å²) in [6.45, 7) is 7.34. The average Bonchev–Trinajstić information content (AvgIpc) is 1.89. The van der Waals surface area contributed by atoms with Crippen LogP contribution >= 0.6 is 12.6 Å². The molecule has 0 spiro atoms. The van der Waals surface area contributed by atoms with E-state index in [9.17, 15) is 0 Å². The molecule has 10 heavy (non-hydrogen) atoms. The molecule has 1 nitrogen and oxygen atoms in total. The fraction of sp³-hybridized carbons (Fsp3) is 0.375. The molecule has 0 aromatic heterocycles. The van der Waals surface area contributed by atoms with Gasteiger partial charge >= 0.3 is 0 Å². The van der Waals surface area contributed by atoms with Crippen LogP contribution in [-0.4, -0.2) is 12.0 Å². The highest BCUT2D eigenvalue weighted by Gasteiger charge is 1.95. The van der Waals surface area contributed by atoms with Crippen LogP contribution in [0.1, 0.15) is 13.8 Å². The molecular weight excluding hydrogens is 142 g/mol. The van der Waals surface area contributed by atoms with Gasteiger partial charge in [0.05, 0.1) is 0 Å². The van der Waals surface area contributed by atoms with Crippen LogP contribution in [-0.2, 0) is 0 Å². The summed E-state index contributed by atoms with van der Waals surface area (Å²) < 4.78 is 0. The van der Waals surface area contributed by atoms with E-state index in [1.165, 1.54) is 0 Å². The standard InChI is InChI=1S/C8H13NS/c1-4-8(7(2)10)5-6-9-3/h4-7,10H,3H2,1-2H3. The Morgan fingerprint density at radius 1 is 1.70 bits per heavy atom. The van der Waals surface area contributed by atoms with Gasteiger partial charge in [-0.25, -0.2) is 0 Å². The summed E-state index contributed by atoms with van der Waals surface area (Å²) in [5.41, 5.74) is 1.16.